The van der Waals surface area contributed by atoms with Gasteiger partial charge < -0.3 is 9.47 Å². The lowest BCUT2D eigenvalue weighted by Crippen LogP contribution is -2.24. The Bertz CT molecular complexity index is 816. The van der Waals surface area contributed by atoms with Crippen LogP contribution in [0.2, 0.25) is 0 Å². The number of benzene rings is 2. The van der Waals surface area contributed by atoms with E-state index < -0.39 is 10.0 Å². The maximum atomic E-state index is 12.7. The predicted molar refractivity (Wildman–Crippen MR) is 94.1 cm³/mol. The number of ether oxygens (including phenoxy) is 2. The molecule has 0 saturated carbocycles. The molecule has 0 saturated heterocycles. The zero-order chi connectivity index (χ0) is 17.7. The number of methoxy groups -OCH3 is 1. The summed E-state index contributed by atoms with van der Waals surface area (Å²) in [5.74, 6) is 1.36. The lowest BCUT2D eigenvalue weighted by atomic mass is 10.1. The highest BCUT2D eigenvalue weighted by Crippen LogP contribution is 2.27. The molecule has 2 aromatic carbocycles. The Labute approximate surface area is 143 Å². The summed E-state index contributed by atoms with van der Waals surface area (Å²) in [4.78, 5) is 0.259. The average molecular weight is 349 g/mol. The van der Waals surface area contributed by atoms with Crippen LogP contribution in [0.25, 0.3) is 0 Å². The van der Waals surface area contributed by atoms with E-state index in [4.69, 9.17) is 9.47 Å². The molecule has 0 radical (unpaired) electrons. The van der Waals surface area contributed by atoms with Crippen LogP contribution in [0.3, 0.4) is 0 Å². The number of hydrogen-bond acceptors (Lipinski definition) is 4. The van der Waals surface area contributed by atoms with Gasteiger partial charge >= 0.3 is 0 Å². The van der Waals surface area contributed by atoms with Gasteiger partial charge in [0, 0.05) is 12.1 Å². The molecule has 2 rings (SSSR count). The molecule has 130 valence electrons. The molecule has 0 spiro atoms. The van der Waals surface area contributed by atoms with Crippen LogP contribution in [-0.2, 0) is 16.6 Å². The minimum absolute atomic E-state index is 0.170. The molecule has 0 atom stereocenters. The van der Waals surface area contributed by atoms with E-state index in [2.05, 4.69) is 4.72 Å². The van der Waals surface area contributed by atoms with Crippen LogP contribution in [0.4, 0.5) is 0 Å². The van der Waals surface area contributed by atoms with Gasteiger partial charge in [-0.15, -0.1) is 0 Å². The molecule has 0 aliphatic carbocycles. The Morgan fingerprint density at radius 1 is 1.00 bits per heavy atom. The number of sulfonamides is 1. The second-order valence-electron chi connectivity index (χ2n) is 5.38. The van der Waals surface area contributed by atoms with Crippen molar-refractivity contribution in [1.82, 2.24) is 4.72 Å². The van der Waals surface area contributed by atoms with E-state index in [-0.39, 0.29) is 11.4 Å². The largest absolute Gasteiger partial charge is 0.496 e. The molecule has 0 unspecified atom stereocenters. The number of rotatable bonds is 7. The molecular weight excluding hydrogens is 326 g/mol. The zero-order valence-electron chi connectivity index (χ0n) is 14.4. The fourth-order valence-electron chi connectivity index (χ4n) is 2.48. The Morgan fingerprint density at radius 3 is 2.38 bits per heavy atom. The van der Waals surface area contributed by atoms with E-state index in [0.717, 1.165) is 11.1 Å². The normalized spacial score (nSPS) is 11.3. The summed E-state index contributed by atoms with van der Waals surface area (Å²) in [6.07, 6.45) is 0. The fraction of sp³-hybridized carbons (Fsp3) is 0.333. The van der Waals surface area contributed by atoms with Crippen molar-refractivity contribution in [2.24, 2.45) is 0 Å². The van der Waals surface area contributed by atoms with Crippen molar-refractivity contribution in [2.45, 2.75) is 32.2 Å². The fourth-order valence-corrected chi connectivity index (χ4v) is 3.78. The molecule has 0 heterocycles. The first kappa shape index (κ1) is 18.3. The van der Waals surface area contributed by atoms with Crippen molar-refractivity contribution in [1.29, 1.82) is 0 Å². The second kappa shape index (κ2) is 7.68. The number of para-hydroxylation sites is 1. The van der Waals surface area contributed by atoms with Crippen molar-refractivity contribution >= 4 is 10.0 Å². The molecule has 0 aliphatic heterocycles. The lowest BCUT2D eigenvalue weighted by molar-refractivity contribution is 0.336. The van der Waals surface area contributed by atoms with E-state index in [0.29, 0.717) is 23.7 Å². The van der Waals surface area contributed by atoms with Crippen molar-refractivity contribution in [3.05, 3.63) is 53.1 Å². The quantitative estimate of drug-likeness (QED) is 0.834. The van der Waals surface area contributed by atoms with Gasteiger partial charge in [0.25, 0.3) is 0 Å². The monoisotopic (exact) mass is 349 g/mol. The van der Waals surface area contributed by atoms with Crippen molar-refractivity contribution in [3.63, 3.8) is 0 Å². The molecule has 0 aliphatic rings. The minimum Gasteiger partial charge on any atom is -0.496 e. The van der Waals surface area contributed by atoms with E-state index in [9.17, 15) is 8.42 Å². The van der Waals surface area contributed by atoms with Gasteiger partial charge in [-0.05, 0) is 50.1 Å². The summed E-state index contributed by atoms with van der Waals surface area (Å²) in [5, 5.41) is 0. The SMILES string of the molecule is CCOc1ccccc1CNS(=O)(=O)c1ccc(OC)c(C)c1C. The summed E-state index contributed by atoms with van der Waals surface area (Å²) in [6.45, 7) is 6.21. The van der Waals surface area contributed by atoms with Crippen LogP contribution in [0.1, 0.15) is 23.6 Å². The van der Waals surface area contributed by atoms with Gasteiger partial charge in [-0.1, -0.05) is 18.2 Å². The highest BCUT2D eigenvalue weighted by molar-refractivity contribution is 7.89. The summed E-state index contributed by atoms with van der Waals surface area (Å²) >= 11 is 0. The molecule has 2 aromatic rings. The summed E-state index contributed by atoms with van der Waals surface area (Å²) < 4.78 is 38.7. The van der Waals surface area contributed by atoms with Gasteiger partial charge in [0.15, 0.2) is 0 Å². The highest BCUT2D eigenvalue weighted by Gasteiger charge is 2.19. The van der Waals surface area contributed by atoms with Crippen molar-refractivity contribution < 1.29 is 17.9 Å². The van der Waals surface area contributed by atoms with Crippen LogP contribution < -0.4 is 14.2 Å². The highest BCUT2D eigenvalue weighted by atomic mass is 32.2. The van der Waals surface area contributed by atoms with Crippen LogP contribution in [0.15, 0.2) is 41.3 Å². The molecule has 0 fully saturated rings. The van der Waals surface area contributed by atoms with E-state index in [1.54, 1.807) is 26.2 Å². The second-order valence-corrected chi connectivity index (χ2v) is 7.12. The van der Waals surface area contributed by atoms with Crippen LogP contribution in [0.5, 0.6) is 11.5 Å². The Hall–Kier alpha value is -2.05. The van der Waals surface area contributed by atoms with Gasteiger partial charge in [0.1, 0.15) is 11.5 Å². The third kappa shape index (κ3) is 3.88. The standard InChI is InChI=1S/C18H23NO4S/c1-5-23-17-9-7-6-8-15(17)12-19-24(20,21)18-11-10-16(22-4)13(2)14(18)3/h6-11,19H,5,12H2,1-4H3. The molecule has 24 heavy (non-hydrogen) atoms. The summed E-state index contributed by atoms with van der Waals surface area (Å²) in [6, 6.07) is 10.6. The van der Waals surface area contributed by atoms with Gasteiger partial charge in [-0.25, -0.2) is 13.1 Å². The number of hydrogen-bond donors (Lipinski definition) is 1. The Kier molecular flexibility index (Phi) is 5.85. The zero-order valence-corrected chi connectivity index (χ0v) is 15.2. The molecule has 1 N–H and O–H groups in total. The maximum Gasteiger partial charge on any atom is 0.241 e. The van der Waals surface area contributed by atoms with Gasteiger partial charge in [-0.3, -0.25) is 0 Å². The maximum absolute atomic E-state index is 12.7. The van der Waals surface area contributed by atoms with E-state index >= 15 is 0 Å². The molecular formula is C18H23NO4S. The third-order valence-corrected chi connectivity index (χ3v) is 5.47. The van der Waals surface area contributed by atoms with Crippen LogP contribution in [-0.4, -0.2) is 22.1 Å². The van der Waals surface area contributed by atoms with Gasteiger partial charge in [0.2, 0.25) is 10.0 Å². The smallest absolute Gasteiger partial charge is 0.241 e. The Balaban J connectivity index is 2.26. The van der Waals surface area contributed by atoms with Gasteiger partial charge in [0.05, 0.1) is 18.6 Å². The third-order valence-electron chi connectivity index (χ3n) is 3.92. The average Bonchev–Trinajstić information content (AvgIpc) is 2.56. The molecule has 0 aromatic heterocycles. The number of nitrogens with one attached hydrogen (secondary N) is 1. The minimum atomic E-state index is -3.63. The topological polar surface area (TPSA) is 64.6 Å². The first-order chi connectivity index (χ1) is 11.4. The van der Waals surface area contributed by atoms with Crippen molar-refractivity contribution in [3.8, 4) is 11.5 Å². The molecule has 0 bridgehead atoms. The van der Waals surface area contributed by atoms with Crippen LogP contribution >= 0.6 is 0 Å². The first-order valence-electron chi connectivity index (χ1n) is 7.75. The first-order valence-corrected chi connectivity index (χ1v) is 9.23. The predicted octanol–water partition coefficient (Wildman–Crippen LogP) is 3.19. The molecule has 6 heteroatoms. The van der Waals surface area contributed by atoms with Crippen LogP contribution in [0, 0.1) is 13.8 Å². The van der Waals surface area contributed by atoms with E-state index in [1.807, 2.05) is 38.1 Å². The molecule has 5 nitrogen and oxygen atoms in total. The van der Waals surface area contributed by atoms with Gasteiger partial charge in [-0.2, -0.15) is 0 Å². The summed E-state index contributed by atoms with van der Waals surface area (Å²) in [7, 11) is -2.06. The molecule has 0 amide bonds. The Morgan fingerprint density at radius 2 is 1.71 bits per heavy atom. The van der Waals surface area contributed by atoms with E-state index in [1.165, 1.54) is 0 Å². The lowest BCUT2D eigenvalue weighted by Gasteiger charge is -2.15. The van der Waals surface area contributed by atoms with Crippen molar-refractivity contribution in [2.75, 3.05) is 13.7 Å². The summed E-state index contributed by atoms with van der Waals surface area (Å²) in [5.41, 5.74) is 2.29.